The van der Waals surface area contributed by atoms with E-state index in [1.54, 1.807) is 4.90 Å². The molecule has 2 aliphatic rings. The lowest BCUT2D eigenvalue weighted by Crippen LogP contribution is -2.46. The normalized spacial score (nSPS) is 23.7. The Labute approximate surface area is 154 Å². The third-order valence-corrected chi connectivity index (χ3v) is 6.00. The van der Waals surface area contributed by atoms with Gasteiger partial charge < -0.3 is 10.6 Å². The van der Waals surface area contributed by atoms with E-state index in [-0.39, 0.29) is 17.7 Å². The molecular weight excluding hydrogens is 324 g/mol. The lowest BCUT2D eigenvalue weighted by Gasteiger charge is -2.26. The monoisotopic (exact) mass is 348 g/mol. The zero-order valence-corrected chi connectivity index (χ0v) is 15.5. The van der Waals surface area contributed by atoms with Crippen molar-refractivity contribution in [1.29, 1.82) is 0 Å². The van der Waals surface area contributed by atoms with Gasteiger partial charge in [0.15, 0.2) is 0 Å². The van der Waals surface area contributed by atoms with Crippen molar-refractivity contribution < 1.29 is 9.59 Å². The average molecular weight is 348 g/mol. The molecule has 0 radical (unpaired) electrons. The van der Waals surface area contributed by atoms with Crippen molar-refractivity contribution in [2.45, 2.75) is 33.2 Å². The van der Waals surface area contributed by atoms with Gasteiger partial charge in [-0.25, -0.2) is 0 Å². The smallest absolute Gasteiger partial charge is 0.255 e. The molecule has 0 spiro atoms. The summed E-state index contributed by atoms with van der Waals surface area (Å²) >= 11 is 0. The van der Waals surface area contributed by atoms with Gasteiger partial charge in [0.2, 0.25) is 5.91 Å². The molecule has 2 aromatic rings. The van der Waals surface area contributed by atoms with Crippen LogP contribution in [-0.2, 0) is 4.79 Å². The SMILES string of the molecule is Cc1ccc(C(=O)N2C[C@H]3C[C@H]3[C@H]2C(N)=O)c(-c2cccc(C)c2C)c1. The van der Waals surface area contributed by atoms with E-state index in [9.17, 15) is 9.59 Å². The average Bonchev–Trinajstić information content (AvgIpc) is 3.25. The second-order valence-corrected chi connectivity index (χ2v) is 7.76. The summed E-state index contributed by atoms with van der Waals surface area (Å²) < 4.78 is 0. The third-order valence-electron chi connectivity index (χ3n) is 6.00. The molecule has 4 nitrogen and oxygen atoms in total. The van der Waals surface area contributed by atoms with Crippen LogP contribution in [-0.4, -0.2) is 29.3 Å². The molecular formula is C22H24N2O2. The van der Waals surface area contributed by atoms with Gasteiger partial charge in [0.25, 0.3) is 5.91 Å². The van der Waals surface area contributed by atoms with Crippen LogP contribution >= 0.6 is 0 Å². The Hall–Kier alpha value is -2.62. The number of primary amides is 1. The summed E-state index contributed by atoms with van der Waals surface area (Å²) in [4.78, 5) is 27.0. The van der Waals surface area contributed by atoms with Gasteiger partial charge in [-0.15, -0.1) is 0 Å². The Kier molecular flexibility index (Phi) is 3.87. The molecule has 1 saturated heterocycles. The minimum absolute atomic E-state index is 0.0862. The fourth-order valence-electron chi connectivity index (χ4n) is 4.30. The van der Waals surface area contributed by atoms with Crippen LogP contribution in [0.2, 0.25) is 0 Å². The van der Waals surface area contributed by atoms with Crippen LogP contribution in [0.5, 0.6) is 0 Å². The first-order chi connectivity index (χ1) is 12.4. The number of carbonyl (C=O) groups is 2. The number of fused-ring (bicyclic) bond motifs is 1. The summed E-state index contributed by atoms with van der Waals surface area (Å²) in [7, 11) is 0. The number of carbonyl (C=O) groups excluding carboxylic acids is 2. The van der Waals surface area contributed by atoms with E-state index in [4.69, 9.17) is 5.73 Å². The zero-order chi connectivity index (χ0) is 18.6. The third kappa shape index (κ3) is 2.61. The van der Waals surface area contributed by atoms with E-state index in [1.165, 1.54) is 11.1 Å². The van der Waals surface area contributed by atoms with Crippen LogP contribution in [0.4, 0.5) is 0 Å². The fraction of sp³-hybridized carbons (Fsp3) is 0.364. The molecule has 0 aromatic heterocycles. The number of hydrogen-bond acceptors (Lipinski definition) is 2. The van der Waals surface area contributed by atoms with Crippen LogP contribution in [0.25, 0.3) is 11.1 Å². The van der Waals surface area contributed by atoms with Crippen molar-refractivity contribution in [3.05, 3.63) is 58.7 Å². The van der Waals surface area contributed by atoms with Crippen LogP contribution < -0.4 is 5.73 Å². The molecule has 2 fully saturated rings. The van der Waals surface area contributed by atoms with E-state index in [2.05, 4.69) is 32.0 Å². The van der Waals surface area contributed by atoms with Crippen molar-refractivity contribution in [3.63, 3.8) is 0 Å². The Morgan fingerprint density at radius 2 is 1.85 bits per heavy atom. The Morgan fingerprint density at radius 1 is 1.08 bits per heavy atom. The quantitative estimate of drug-likeness (QED) is 0.926. The topological polar surface area (TPSA) is 63.4 Å². The molecule has 2 amide bonds. The summed E-state index contributed by atoms with van der Waals surface area (Å²) in [6.07, 6.45) is 1.01. The Morgan fingerprint density at radius 3 is 2.58 bits per heavy atom. The molecule has 26 heavy (non-hydrogen) atoms. The van der Waals surface area contributed by atoms with Crippen molar-refractivity contribution in [2.75, 3.05) is 6.54 Å². The minimum atomic E-state index is -0.458. The summed E-state index contributed by atoms with van der Waals surface area (Å²) in [5.74, 6) is 0.220. The molecule has 3 atom stereocenters. The predicted molar refractivity (Wildman–Crippen MR) is 102 cm³/mol. The zero-order valence-electron chi connectivity index (χ0n) is 15.5. The number of benzene rings is 2. The number of nitrogens with zero attached hydrogens (tertiary/aromatic N) is 1. The molecule has 1 aliphatic heterocycles. The van der Waals surface area contributed by atoms with E-state index in [1.807, 2.05) is 25.1 Å². The van der Waals surface area contributed by atoms with E-state index < -0.39 is 6.04 Å². The van der Waals surface area contributed by atoms with Gasteiger partial charge in [0, 0.05) is 12.1 Å². The maximum absolute atomic E-state index is 13.3. The summed E-state index contributed by atoms with van der Waals surface area (Å²) in [6, 6.07) is 11.6. The van der Waals surface area contributed by atoms with Gasteiger partial charge in [0.05, 0.1) is 0 Å². The van der Waals surface area contributed by atoms with Crippen LogP contribution in [0.15, 0.2) is 36.4 Å². The maximum Gasteiger partial charge on any atom is 0.255 e. The Balaban J connectivity index is 1.79. The highest BCUT2D eigenvalue weighted by atomic mass is 16.2. The number of nitrogens with two attached hydrogens (primary N) is 1. The number of amides is 2. The largest absolute Gasteiger partial charge is 0.368 e. The van der Waals surface area contributed by atoms with Crippen molar-refractivity contribution >= 4 is 11.8 Å². The van der Waals surface area contributed by atoms with Crippen LogP contribution in [0.3, 0.4) is 0 Å². The van der Waals surface area contributed by atoms with Crippen LogP contribution in [0, 0.1) is 32.6 Å². The van der Waals surface area contributed by atoms with E-state index >= 15 is 0 Å². The van der Waals surface area contributed by atoms with Gasteiger partial charge in [-0.1, -0.05) is 35.9 Å². The molecule has 4 heteroatoms. The second-order valence-electron chi connectivity index (χ2n) is 7.76. The molecule has 1 aliphatic carbocycles. The summed E-state index contributed by atoms with van der Waals surface area (Å²) in [6.45, 7) is 6.82. The first-order valence-corrected chi connectivity index (χ1v) is 9.16. The maximum atomic E-state index is 13.3. The first-order valence-electron chi connectivity index (χ1n) is 9.16. The lowest BCUT2D eigenvalue weighted by molar-refractivity contribution is -0.122. The molecule has 0 unspecified atom stereocenters. The van der Waals surface area contributed by atoms with Gasteiger partial charge in [-0.3, -0.25) is 9.59 Å². The van der Waals surface area contributed by atoms with E-state index in [0.717, 1.165) is 23.1 Å². The molecule has 1 saturated carbocycles. The molecule has 2 aromatic carbocycles. The highest BCUT2D eigenvalue weighted by molar-refractivity contribution is 6.03. The van der Waals surface area contributed by atoms with Gasteiger partial charge in [0.1, 0.15) is 6.04 Å². The van der Waals surface area contributed by atoms with Crippen molar-refractivity contribution in [1.82, 2.24) is 4.90 Å². The predicted octanol–water partition coefficient (Wildman–Crippen LogP) is 3.22. The molecule has 134 valence electrons. The van der Waals surface area contributed by atoms with E-state index in [0.29, 0.717) is 18.0 Å². The molecule has 0 bridgehead atoms. The number of rotatable bonds is 3. The van der Waals surface area contributed by atoms with Crippen molar-refractivity contribution in [3.8, 4) is 11.1 Å². The molecule has 2 N–H and O–H groups in total. The molecule has 4 rings (SSSR count). The van der Waals surface area contributed by atoms with Gasteiger partial charge in [-0.2, -0.15) is 0 Å². The highest BCUT2D eigenvalue weighted by Crippen LogP contribution is 2.50. The fourth-order valence-corrected chi connectivity index (χ4v) is 4.30. The van der Waals surface area contributed by atoms with Gasteiger partial charge in [-0.05, 0) is 67.3 Å². The second kappa shape index (κ2) is 5.97. The van der Waals surface area contributed by atoms with Crippen LogP contribution in [0.1, 0.15) is 33.5 Å². The highest BCUT2D eigenvalue weighted by Gasteiger charge is 2.56. The number of piperidine rings is 1. The number of aryl methyl sites for hydroxylation is 2. The van der Waals surface area contributed by atoms with Gasteiger partial charge >= 0.3 is 0 Å². The lowest BCUT2D eigenvalue weighted by atomic mass is 9.91. The number of hydrogen-bond donors (Lipinski definition) is 1. The minimum Gasteiger partial charge on any atom is -0.368 e. The first kappa shape index (κ1) is 16.8. The van der Waals surface area contributed by atoms with Crippen molar-refractivity contribution in [2.24, 2.45) is 17.6 Å². The number of likely N-dealkylation sites (tertiary alicyclic amines) is 1. The summed E-state index contributed by atoms with van der Waals surface area (Å²) in [5.41, 5.74) is 11.7. The summed E-state index contributed by atoms with van der Waals surface area (Å²) in [5, 5.41) is 0. The standard InChI is InChI=1S/C22H24N2O2/c1-12-7-8-17(19(9-12)16-6-4-5-13(2)14(16)3)22(26)24-11-15-10-18(15)20(24)21(23)25/h4-9,15,18,20H,10-11H2,1-3H3,(H2,23,25)/t15-,18-,20+/m1/s1. The Bertz CT molecular complexity index is 918. The molecule has 1 heterocycles.